The van der Waals surface area contributed by atoms with E-state index in [1.807, 2.05) is 0 Å². The van der Waals surface area contributed by atoms with Crippen LogP contribution < -0.4 is 0 Å². The minimum Gasteiger partial charge on any atom is -0.376 e. The highest BCUT2D eigenvalue weighted by atomic mass is 35.5. The monoisotopic (exact) mass is 261 g/mol. The number of hydrogen-bond donors (Lipinski definition) is 0. The van der Waals surface area contributed by atoms with Crippen molar-refractivity contribution in [1.82, 2.24) is 4.98 Å². The van der Waals surface area contributed by atoms with Gasteiger partial charge in [-0.05, 0) is 12.1 Å². The van der Waals surface area contributed by atoms with E-state index in [0.29, 0.717) is 18.8 Å². The molecular weight excluding hydrogens is 253 g/mol. The van der Waals surface area contributed by atoms with E-state index in [1.54, 1.807) is 0 Å². The van der Waals surface area contributed by atoms with Gasteiger partial charge < -0.3 is 9.47 Å². The fourth-order valence-corrected chi connectivity index (χ4v) is 1.89. The molecule has 1 fully saturated rings. The number of hydrogen-bond acceptors (Lipinski definition) is 4. The molecule has 1 atom stereocenters. The zero-order valence-electron chi connectivity index (χ0n) is 8.28. The van der Waals surface area contributed by atoms with Crippen molar-refractivity contribution < 1.29 is 14.3 Å². The molecule has 0 spiro atoms. The number of carbonyl (C=O) groups is 1. The molecule has 1 aliphatic rings. The molecule has 0 aliphatic carbocycles. The molecule has 1 saturated heterocycles. The first kappa shape index (κ1) is 11.8. The molecule has 0 bridgehead atoms. The highest BCUT2D eigenvalue weighted by Gasteiger charge is 2.24. The summed E-state index contributed by atoms with van der Waals surface area (Å²) < 4.78 is 10.5. The summed E-state index contributed by atoms with van der Waals surface area (Å²) in [6.45, 7) is 1.20. The Morgan fingerprint density at radius 2 is 2.00 bits per heavy atom. The van der Waals surface area contributed by atoms with Gasteiger partial charge in [0.25, 0.3) is 0 Å². The molecule has 0 N–H and O–H groups in total. The second-order valence-corrected chi connectivity index (χ2v) is 4.07. The zero-order chi connectivity index (χ0) is 11.5. The Balaban J connectivity index is 2.19. The van der Waals surface area contributed by atoms with Crippen molar-refractivity contribution in [3.05, 3.63) is 28.0 Å². The first-order chi connectivity index (χ1) is 7.66. The van der Waals surface area contributed by atoms with Crippen LogP contribution in [0, 0.1) is 0 Å². The largest absolute Gasteiger partial charge is 0.376 e. The quantitative estimate of drug-likeness (QED) is 0.604. The fraction of sp³-hybridized carbons (Fsp3) is 0.400. The van der Waals surface area contributed by atoms with Gasteiger partial charge in [-0.15, -0.1) is 0 Å². The Kier molecular flexibility index (Phi) is 3.76. The number of ether oxygens (including phenoxy) is 2. The van der Waals surface area contributed by atoms with Crippen molar-refractivity contribution in [2.45, 2.75) is 6.10 Å². The molecule has 0 amide bonds. The molecule has 4 nitrogen and oxygen atoms in total. The van der Waals surface area contributed by atoms with Gasteiger partial charge >= 0.3 is 0 Å². The van der Waals surface area contributed by atoms with E-state index in [9.17, 15) is 4.79 Å². The molecule has 1 aromatic rings. The summed E-state index contributed by atoms with van der Waals surface area (Å²) in [5.74, 6) is -0.189. The van der Waals surface area contributed by atoms with Crippen molar-refractivity contribution in [3.63, 3.8) is 0 Å². The summed E-state index contributed by atoms with van der Waals surface area (Å²) in [5.41, 5.74) is 0.389. The van der Waals surface area contributed by atoms with Crippen LogP contribution in [-0.2, 0) is 9.47 Å². The smallest absolute Gasteiger partial charge is 0.194 e. The van der Waals surface area contributed by atoms with E-state index in [1.165, 1.54) is 12.1 Å². The predicted octanol–water partition coefficient (Wildman–Crippen LogP) is 1.99. The number of rotatable bonds is 2. The molecule has 86 valence electrons. The first-order valence-electron chi connectivity index (χ1n) is 4.73. The lowest BCUT2D eigenvalue weighted by molar-refractivity contribution is -0.0719. The second kappa shape index (κ2) is 5.10. The molecule has 2 heterocycles. The van der Waals surface area contributed by atoms with Crippen LogP contribution in [0.25, 0.3) is 0 Å². The van der Waals surface area contributed by atoms with Gasteiger partial charge in [0.1, 0.15) is 16.4 Å². The summed E-state index contributed by atoms with van der Waals surface area (Å²) in [5, 5.41) is 0.375. The molecule has 0 saturated carbocycles. The van der Waals surface area contributed by atoms with Crippen molar-refractivity contribution in [2.75, 3.05) is 19.8 Å². The molecule has 1 unspecified atom stereocenters. The molecule has 0 radical (unpaired) electrons. The highest BCUT2D eigenvalue weighted by Crippen LogP contribution is 2.17. The molecule has 16 heavy (non-hydrogen) atoms. The molecule has 1 aliphatic heterocycles. The minimum absolute atomic E-state index is 0.188. The lowest BCUT2D eigenvalue weighted by Crippen LogP contribution is -2.35. The van der Waals surface area contributed by atoms with E-state index in [0.717, 1.165) is 0 Å². The summed E-state index contributed by atoms with van der Waals surface area (Å²) in [4.78, 5) is 15.7. The Hall–Kier alpha value is -0.680. The van der Waals surface area contributed by atoms with Crippen LogP contribution in [0.3, 0.4) is 0 Å². The van der Waals surface area contributed by atoms with Crippen LogP contribution in [-0.4, -0.2) is 36.7 Å². The van der Waals surface area contributed by atoms with Gasteiger partial charge in [-0.1, -0.05) is 23.2 Å². The van der Waals surface area contributed by atoms with E-state index in [-0.39, 0.29) is 22.7 Å². The third-order valence-electron chi connectivity index (χ3n) is 2.16. The van der Waals surface area contributed by atoms with Gasteiger partial charge in [0, 0.05) is 5.56 Å². The van der Waals surface area contributed by atoms with Gasteiger partial charge in [-0.2, -0.15) is 0 Å². The van der Waals surface area contributed by atoms with Crippen LogP contribution in [0.5, 0.6) is 0 Å². The van der Waals surface area contributed by atoms with Crippen LogP contribution in [0.4, 0.5) is 0 Å². The average molecular weight is 262 g/mol. The number of nitrogens with zero attached hydrogens (tertiary/aromatic N) is 1. The van der Waals surface area contributed by atoms with E-state index < -0.39 is 6.10 Å². The topological polar surface area (TPSA) is 48.4 Å². The van der Waals surface area contributed by atoms with E-state index >= 15 is 0 Å². The molecule has 0 aromatic carbocycles. The lowest BCUT2D eigenvalue weighted by atomic mass is 10.1. The Morgan fingerprint density at radius 3 is 2.56 bits per heavy atom. The maximum Gasteiger partial charge on any atom is 0.194 e. The lowest BCUT2D eigenvalue weighted by Gasteiger charge is -2.21. The van der Waals surface area contributed by atoms with Crippen molar-refractivity contribution >= 4 is 29.0 Å². The van der Waals surface area contributed by atoms with E-state index in [4.69, 9.17) is 32.7 Å². The maximum atomic E-state index is 12.0. The standard InChI is InChI=1S/C10H9Cl2NO3/c11-8-3-6(4-9(12)13-8)10(14)7-5-15-1-2-16-7/h3-4,7H,1-2,5H2. The van der Waals surface area contributed by atoms with Crippen LogP contribution >= 0.6 is 23.2 Å². The SMILES string of the molecule is O=C(c1cc(Cl)nc(Cl)c1)C1COCCO1. The fourth-order valence-electron chi connectivity index (χ4n) is 1.43. The molecule has 1 aromatic heterocycles. The van der Waals surface area contributed by atoms with Crippen molar-refractivity contribution in [2.24, 2.45) is 0 Å². The number of aromatic nitrogens is 1. The number of Topliss-reactive ketones (excluding diaryl/α,β-unsaturated/α-hetero) is 1. The summed E-state index contributed by atoms with van der Waals surface area (Å²) >= 11 is 11.4. The Labute approximate surface area is 102 Å². The minimum atomic E-state index is -0.580. The van der Waals surface area contributed by atoms with Gasteiger partial charge in [0.15, 0.2) is 5.78 Å². The summed E-state index contributed by atoms with van der Waals surface area (Å²) in [7, 11) is 0. The Bertz CT molecular complexity index is 385. The van der Waals surface area contributed by atoms with Crippen LogP contribution in [0.1, 0.15) is 10.4 Å². The average Bonchev–Trinajstić information content (AvgIpc) is 2.28. The van der Waals surface area contributed by atoms with Gasteiger partial charge in [0.05, 0.1) is 19.8 Å². The third-order valence-corrected chi connectivity index (χ3v) is 2.54. The maximum absolute atomic E-state index is 12.0. The van der Waals surface area contributed by atoms with Gasteiger partial charge in [-0.3, -0.25) is 4.79 Å². The van der Waals surface area contributed by atoms with Crippen molar-refractivity contribution in [3.8, 4) is 0 Å². The molecular formula is C10H9Cl2NO3. The number of carbonyl (C=O) groups excluding carboxylic acids is 1. The molecule has 6 heteroatoms. The summed E-state index contributed by atoms with van der Waals surface area (Å²) in [6.07, 6.45) is -0.580. The predicted molar refractivity (Wildman–Crippen MR) is 59.1 cm³/mol. The highest BCUT2D eigenvalue weighted by molar-refractivity contribution is 6.33. The first-order valence-corrected chi connectivity index (χ1v) is 5.49. The van der Waals surface area contributed by atoms with Gasteiger partial charge in [-0.25, -0.2) is 4.98 Å². The van der Waals surface area contributed by atoms with Crippen LogP contribution in [0.15, 0.2) is 12.1 Å². The normalized spacial score (nSPS) is 20.8. The number of pyridine rings is 1. The zero-order valence-corrected chi connectivity index (χ0v) is 9.79. The third kappa shape index (κ3) is 2.71. The summed E-state index contributed by atoms with van der Waals surface area (Å²) in [6, 6.07) is 2.93. The van der Waals surface area contributed by atoms with Crippen LogP contribution in [0.2, 0.25) is 10.3 Å². The second-order valence-electron chi connectivity index (χ2n) is 3.30. The number of halogens is 2. The number of ketones is 1. The molecule has 2 rings (SSSR count). The van der Waals surface area contributed by atoms with E-state index in [2.05, 4.69) is 4.98 Å². The Morgan fingerprint density at radius 1 is 1.31 bits per heavy atom. The van der Waals surface area contributed by atoms with Crippen molar-refractivity contribution in [1.29, 1.82) is 0 Å². The van der Waals surface area contributed by atoms with Gasteiger partial charge in [0.2, 0.25) is 0 Å².